The Hall–Kier alpha value is 0.480. The SMILES string of the molecule is BS(B)(CC)CC. The van der Waals surface area contributed by atoms with Crippen LogP contribution in [0.1, 0.15) is 13.8 Å². The van der Waals surface area contributed by atoms with E-state index in [1.165, 1.54) is 11.5 Å². The highest BCUT2D eigenvalue weighted by Crippen LogP contribution is 2.34. The van der Waals surface area contributed by atoms with Crippen LogP contribution in [0.2, 0.25) is 0 Å². The summed E-state index contributed by atoms with van der Waals surface area (Å²) < 4.78 is 0. The largest absolute Gasteiger partial charge is 0.313 e. The van der Waals surface area contributed by atoms with Gasteiger partial charge in [0.15, 0.2) is 0 Å². The van der Waals surface area contributed by atoms with E-state index in [1.54, 1.807) is 0 Å². The second-order valence-electron chi connectivity index (χ2n) is 2.34. The standard InChI is InChI=1S/C4H14B2S/c1-3-7(5,6)4-2/h3-6H2,1-2H3. The van der Waals surface area contributed by atoms with Crippen molar-refractivity contribution < 1.29 is 0 Å². The molecule has 0 radical (unpaired) electrons. The van der Waals surface area contributed by atoms with Crippen molar-refractivity contribution in [3.63, 3.8) is 0 Å². The van der Waals surface area contributed by atoms with Gasteiger partial charge in [0.25, 0.3) is 0 Å². The minimum Gasteiger partial charge on any atom is -0.313 e. The minimum atomic E-state index is -0.157. The van der Waals surface area contributed by atoms with E-state index < -0.39 is 0 Å². The van der Waals surface area contributed by atoms with E-state index in [0.29, 0.717) is 0 Å². The van der Waals surface area contributed by atoms with Crippen molar-refractivity contribution >= 4 is 24.0 Å². The molecule has 0 aliphatic heterocycles. The Morgan fingerprint density at radius 1 is 1.14 bits per heavy atom. The molecule has 0 rings (SSSR count). The zero-order valence-electron chi connectivity index (χ0n) is 5.82. The van der Waals surface area contributed by atoms with Gasteiger partial charge in [-0.15, -0.1) is 0 Å². The molecule has 0 atom stereocenters. The van der Waals surface area contributed by atoms with E-state index in [-0.39, 0.29) is 9.73 Å². The summed E-state index contributed by atoms with van der Waals surface area (Å²) in [4.78, 5) is 0. The molecule has 0 aromatic heterocycles. The third-order valence-electron chi connectivity index (χ3n) is 1.56. The Kier molecular flexibility index (Phi) is 2.89. The lowest BCUT2D eigenvalue weighted by Crippen LogP contribution is -2.03. The van der Waals surface area contributed by atoms with E-state index >= 15 is 0 Å². The first-order valence-electron chi connectivity index (χ1n) is 2.81. The van der Waals surface area contributed by atoms with E-state index in [4.69, 9.17) is 0 Å². The van der Waals surface area contributed by atoms with Gasteiger partial charge < -0.3 is 9.73 Å². The maximum atomic E-state index is 2.38. The summed E-state index contributed by atoms with van der Waals surface area (Å²) >= 11 is 0. The average molecular weight is 116 g/mol. The van der Waals surface area contributed by atoms with Crippen LogP contribution in [-0.4, -0.2) is 25.8 Å². The van der Waals surface area contributed by atoms with E-state index in [1.807, 2.05) is 0 Å². The number of rotatable bonds is 2. The monoisotopic (exact) mass is 116 g/mol. The van der Waals surface area contributed by atoms with Gasteiger partial charge in [-0.1, -0.05) is 13.8 Å². The van der Waals surface area contributed by atoms with Crippen molar-refractivity contribution in [1.29, 1.82) is 0 Å². The summed E-state index contributed by atoms with van der Waals surface area (Å²) in [5.74, 6) is 2.76. The molecule has 0 saturated carbocycles. The molecule has 3 heteroatoms. The van der Waals surface area contributed by atoms with Crippen LogP contribution in [0.3, 0.4) is 0 Å². The lowest BCUT2D eigenvalue weighted by atomic mass is 10.7. The van der Waals surface area contributed by atoms with Gasteiger partial charge in [0.1, 0.15) is 14.2 Å². The zero-order chi connectivity index (χ0) is 5.91. The second-order valence-corrected chi connectivity index (χ2v) is 7.03. The highest BCUT2D eigenvalue weighted by molar-refractivity contribution is 8.64. The van der Waals surface area contributed by atoms with Crippen molar-refractivity contribution in [2.45, 2.75) is 13.8 Å². The molecule has 0 aliphatic carbocycles. The molecule has 0 heterocycles. The van der Waals surface area contributed by atoms with Gasteiger partial charge in [0.05, 0.1) is 0 Å². The van der Waals surface area contributed by atoms with Gasteiger partial charge in [0, 0.05) is 0 Å². The quantitative estimate of drug-likeness (QED) is 0.443. The van der Waals surface area contributed by atoms with E-state index in [0.717, 1.165) is 0 Å². The Morgan fingerprint density at radius 2 is 1.43 bits per heavy atom. The van der Waals surface area contributed by atoms with Crippen LogP contribution in [-0.2, 0) is 0 Å². The first-order chi connectivity index (χ1) is 3.12. The number of hydrogen-bond acceptors (Lipinski definition) is 0. The molecular formula is C4H14B2S. The van der Waals surface area contributed by atoms with Crippen LogP contribution < -0.4 is 0 Å². The zero-order valence-corrected chi connectivity index (χ0v) is 6.64. The van der Waals surface area contributed by atoms with Gasteiger partial charge in [0.2, 0.25) is 0 Å². The smallest absolute Gasteiger partial charge is 0.143 e. The molecule has 0 fully saturated rings. The first kappa shape index (κ1) is 7.48. The van der Waals surface area contributed by atoms with Crippen molar-refractivity contribution in [3.05, 3.63) is 0 Å². The van der Waals surface area contributed by atoms with Crippen molar-refractivity contribution in [3.8, 4) is 0 Å². The minimum absolute atomic E-state index is 0.157. The molecule has 0 aromatic rings. The molecule has 0 unspecified atom stereocenters. The molecule has 0 bridgehead atoms. The normalized spacial score (nSPS) is 14.0. The van der Waals surface area contributed by atoms with Gasteiger partial charge in [-0.25, -0.2) is 0 Å². The Bertz CT molecular complexity index is 47.7. The summed E-state index contributed by atoms with van der Waals surface area (Å²) in [6.07, 6.45) is 0. The molecule has 0 amide bonds. The summed E-state index contributed by atoms with van der Waals surface area (Å²) in [6, 6.07) is 0. The Balaban J connectivity index is 3.36. The Labute approximate surface area is 50.0 Å². The fourth-order valence-electron chi connectivity index (χ4n) is 0.204. The summed E-state index contributed by atoms with van der Waals surface area (Å²) in [7, 11) is 4.61. The number of hydrogen-bond donors (Lipinski definition) is 0. The lowest BCUT2D eigenvalue weighted by Gasteiger charge is -2.27. The van der Waals surface area contributed by atoms with Crippen LogP contribution in [0.25, 0.3) is 0 Å². The molecule has 0 N–H and O–H groups in total. The lowest BCUT2D eigenvalue weighted by molar-refractivity contribution is 1.45. The van der Waals surface area contributed by atoms with Crippen LogP contribution in [0.4, 0.5) is 0 Å². The summed E-state index contributed by atoms with van der Waals surface area (Å²) in [5, 5.41) is 0. The molecule has 42 valence electrons. The van der Waals surface area contributed by atoms with Gasteiger partial charge in [-0.2, -0.15) is 0 Å². The fourth-order valence-corrected chi connectivity index (χ4v) is 0.612. The maximum Gasteiger partial charge on any atom is 0.143 e. The van der Waals surface area contributed by atoms with E-state index in [9.17, 15) is 0 Å². The maximum absolute atomic E-state index is 2.38. The molecule has 7 heavy (non-hydrogen) atoms. The van der Waals surface area contributed by atoms with Crippen LogP contribution in [0.5, 0.6) is 0 Å². The Morgan fingerprint density at radius 3 is 1.43 bits per heavy atom. The summed E-state index contributed by atoms with van der Waals surface area (Å²) in [6.45, 7) is 4.55. The molecule has 0 aromatic carbocycles. The second kappa shape index (κ2) is 2.71. The highest BCUT2D eigenvalue weighted by atomic mass is 32.3. The average Bonchev–Trinajstić information content (AvgIpc) is 1.68. The molecular weight excluding hydrogens is 102 g/mol. The predicted octanol–water partition coefficient (Wildman–Crippen LogP) is -0.0730. The molecule has 0 saturated heterocycles. The topological polar surface area (TPSA) is 0 Å². The summed E-state index contributed by atoms with van der Waals surface area (Å²) in [5.41, 5.74) is 0. The van der Waals surface area contributed by atoms with Crippen LogP contribution in [0, 0.1) is 0 Å². The van der Waals surface area contributed by atoms with Crippen molar-refractivity contribution in [1.82, 2.24) is 0 Å². The molecule has 0 nitrogen and oxygen atoms in total. The van der Waals surface area contributed by atoms with Gasteiger partial charge >= 0.3 is 0 Å². The fraction of sp³-hybridized carbons (Fsp3) is 1.00. The van der Waals surface area contributed by atoms with E-state index in [2.05, 4.69) is 28.1 Å². The van der Waals surface area contributed by atoms with Gasteiger partial charge in [-0.3, -0.25) is 0 Å². The molecule has 0 spiro atoms. The first-order valence-corrected chi connectivity index (χ1v) is 5.60. The van der Waals surface area contributed by atoms with Crippen molar-refractivity contribution in [2.75, 3.05) is 11.5 Å². The predicted molar refractivity (Wildman–Crippen MR) is 45.8 cm³/mol. The van der Waals surface area contributed by atoms with Crippen LogP contribution in [0.15, 0.2) is 0 Å². The van der Waals surface area contributed by atoms with Gasteiger partial charge in [-0.05, 0) is 11.5 Å². The van der Waals surface area contributed by atoms with Crippen LogP contribution >= 0.6 is 9.73 Å². The molecule has 0 aliphatic rings. The highest BCUT2D eigenvalue weighted by Gasteiger charge is 2.02. The van der Waals surface area contributed by atoms with Crippen molar-refractivity contribution in [2.24, 2.45) is 0 Å². The third kappa shape index (κ3) is 3.10. The third-order valence-corrected chi connectivity index (χ3v) is 4.69.